The second-order valence-corrected chi connectivity index (χ2v) is 6.28. The van der Waals surface area contributed by atoms with Gasteiger partial charge in [-0.25, -0.2) is 4.79 Å². The van der Waals surface area contributed by atoms with Gasteiger partial charge in [0.2, 0.25) is 0 Å². The fraction of sp³-hybridized carbons (Fsp3) is 0.211. The van der Waals surface area contributed by atoms with Gasteiger partial charge in [-0.2, -0.15) is 5.26 Å². The highest BCUT2D eigenvalue weighted by molar-refractivity contribution is 6.33. The summed E-state index contributed by atoms with van der Waals surface area (Å²) >= 11 is 5.87. The molecule has 1 aromatic heterocycles. The van der Waals surface area contributed by atoms with Gasteiger partial charge in [0.1, 0.15) is 23.2 Å². The zero-order valence-electron chi connectivity index (χ0n) is 13.7. The van der Waals surface area contributed by atoms with Crippen molar-refractivity contribution in [2.45, 2.75) is 12.8 Å². The van der Waals surface area contributed by atoms with Crippen molar-refractivity contribution >= 4 is 29.6 Å². The number of hydrogen-bond donors (Lipinski definition) is 1. The van der Waals surface area contributed by atoms with E-state index in [-0.39, 0.29) is 22.1 Å². The summed E-state index contributed by atoms with van der Waals surface area (Å²) in [5.74, 6) is -0.675. The molecule has 1 fully saturated rings. The molecular weight excluding hydrogens is 356 g/mol. The van der Waals surface area contributed by atoms with E-state index in [9.17, 15) is 14.9 Å². The van der Waals surface area contributed by atoms with Crippen molar-refractivity contribution in [2.24, 2.45) is 0 Å². The molecule has 2 heterocycles. The van der Waals surface area contributed by atoms with Crippen LogP contribution in [0.3, 0.4) is 0 Å². The quantitative estimate of drug-likeness (QED) is 0.652. The number of carboxylic acid groups (broad SMARTS) is 1. The number of carbonyl (C=O) groups is 2. The van der Waals surface area contributed by atoms with Gasteiger partial charge in [-0.05, 0) is 43.2 Å². The molecule has 0 spiro atoms. The molecule has 6 nitrogen and oxygen atoms in total. The minimum Gasteiger partial charge on any atom is -0.478 e. The van der Waals surface area contributed by atoms with E-state index in [2.05, 4.69) is 0 Å². The van der Waals surface area contributed by atoms with Gasteiger partial charge in [0.15, 0.2) is 0 Å². The molecule has 1 saturated heterocycles. The van der Waals surface area contributed by atoms with Crippen LogP contribution >= 0.6 is 11.6 Å². The number of carbonyl (C=O) groups excluding carboxylic acids is 1. The van der Waals surface area contributed by atoms with Crippen molar-refractivity contribution in [1.29, 1.82) is 5.26 Å². The summed E-state index contributed by atoms with van der Waals surface area (Å²) in [7, 11) is 0. The summed E-state index contributed by atoms with van der Waals surface area (Å²) < 4.78 is 5.66. The first-order chi connectivity index (χ1) is 12.5. The number of aromatic carboxylic acids is 1. The zero-order chi connectivity index (χ0) is 18.7. The number of benzene rings is 1. The predicted octanol–water partition coefficient (Wildman–Crippen LogP) is 3.83. The molecule has 26 heavy (non-hydrogen) atoms. The summed E-state index contributed by atoms with van der Waals surface area (Å²) in [4.78, 5) is 25.2. The third-order valence-corrected chi connectivity index (χ3v) is 4.47. The Kier molecular flexibility index (Phi) is 5.10. The maximum Gasteiger partial charge on any atom is 0.337 e. The highest BCUT2D eigenvalue weighted by atomic mass is 35.5. The summed E-state index contributed by atoms with van der Waals surface area (Å²) in [5.41, 5.74) is 0.519. The lowest BCUT2D eigenvalue weighted by Crippen LogP contribution is -2.28. The molecular formula is C19H15ClN2O4. The van der Waals surface area contributed by atoms with Gasteiger partial charge >= 0.3 is 5.97 Å². The molecule has 2 aromatic rings. The second kappa shape index (κ2) is 7.46. The van der Waals surface area contributed by atoms with Crippen LogP contribution < -0.4 is 0 Å². The van der Waals surface area contributed by atoms with Crippen LogP contribution in [0.25, 0.3) is 17.4 Å². The SMILES string of the molecule is N#C/C(=C\c1ccc(-c2ccc(Cl)c(C(=O)O)c2)o1)C(=O)N1CCCC1. The van der Waals surface area contributed by atoms with E-state index in [0.29, 0.717) is 30.2 Å². The topological polar surface area (TPSA) is 94.5 Å². The molecule has 1 N–H and O–H groups in total. The largest absolute Gasteiger partial charge is 0.478 e. The molecule has 0 unspecified atom stereocenters. The first-order valence-electron chi connectivity index (χ1n) is 8.03. The van der Waals surface area contributed by atoms with Crippen molar-refractivity contribution in [3.05, 3.63) is 52.3 Å². The van der Waals surface area contributed by atoms with Crippen LogP contribution in [0.1, 0.15) is 29.0 Å². The highest BCUT2D eigenvalue weighted by Crippen LogP contribution is 2.28. The number of nitriles is 1. The molecule has 0 saturated carbocycles. The van der Waals surface area contributed by atoms with Crippen LogP contribution in [0.15, 0.2) is 40.3 Å². The number of furan rings is 1. The van der Waals surface area contributed by atoms with Gasteiger partial charge in [0, 0.05) is 24.7 Å². The van der Waals surface area contributed by atoms with Crippen LogP contribution in [0.5, 0.6) is 0 Å². The van der Waals surface area contributed by atoms with Crippen molar-refractivity contribution in [2.75, 3.05) is 13.1 Å². The van der Waals surface area contributed by atoms with Crippen molar-refractivity contribution in [3.8, 4) is 17.4 Å². The van der Waals surface area contributed by atoms with Crippen molar-refractivity contribution < 1.29 is 19.1 Å². The minimum absolute atomic E-state index is 0.00938. The molecule has 0 bridgehead atoms. The molecule has 7 heteroatoms. The number of amides is 1. The number of halogens is 1. The van der Waals surface area contributed by atoms with E-state index >= 15 is 0 Å². The highest BCUT2D eigenvalue weighted by Gasteiger charge is 2.22. The average molecular weight is 371 g/mol. The number of likely N-dealkylation sites (tertiary alicyclic amines) is 1. The maximum atomic E-state index is 12.3. The fourth-order valence-electron chi connectivity index (χ4n) is 2.80. The van der Waals surface area contributed by atoms with E-state index in [1.165, 1.54) is 18.2 Å². The molecule has 1 amide bonds. The van der Waals surface area contributed by atoms with Crippen molar-refractivity contribution in [3.63, 3.8) is 0 Å². The second-order valence-electron chi connectivity index (χ2n) is 5.87. The summed E-state index contributed by atoms with van der Waals surface area (Å²) in [6.45, 7) is 1.31. The first-order valence-corrected chi connectivity index (χ1v) is 8.41. The Morgan fingerprint density at radius 3 is 2.62 bits per heavy atom. The number of nitrogens with zero attached hydrogens (tertiary/aromatic N) is 2. The standard InChI is InChI=1S/C19H15ClN2O4/c20-16-5-3-12(10-15(16)19(24)25)17-6-4-14(26-17)9-13(11-21)18(23)22-7-1-2-8-22/h3-6,9-10H,1-2,7-8H2,(H,24,25)/b13-9+. The Morgan fingerprint density at radius 2 is 1.96 bits per heavy atom. The van der Waals surface area contributed by atoms with Gasteiger partial charge in [-0.3, -0.25) is 4.79 Å². The molecule has 1 aliphatic heterocycles. The van der Waals surface area contributed by atoms with E-state index in [0.717, 1.165) is 12.8 Å². The molecule has 0 radical (unpaired) electrons. The van der Waals surface area contributed by atoms with E-state index in [1.807, 2.05) is 6.07 Å². The lowest BCUT2D eigenvalue weighted by molar-refractivity contribution is -0.125. The Hall–Kier alpha value is -3.04. The zero-order valence-corrected chi connectivity index (χ0v) is 14.5. The van der Waals surface area contributed by atoms with Crippen LogP contribution in [-0.2, 0) is 4.79 Å². The predicted molar refractivity (Wildman–Crippen MR) is 95.5 cm³/mol. The number of carboxylic acids is 1. The third-order valence-electron chi connectivity index (χ3n) is 4.14. The van der Waals surface area contributed by atoms with Crippen LogP contribution in [-0.4, -0.2) is 35.0 Å². The van der Waals surface area contributed by atoms with Gasteiger partial charge in [0.05, 0.1) is 10.6 Å². The monoisotopic (exact) mass is 370 g/mol. The van der Waals surface area contributed by atoms with Gasteiger partial charge < -0.3 is 14.4 Å². The lowest BCUT2D eigenvalue weighted by atomic mass is 10.1. The molecule has 1 aliphatic rings. The van der Waals surface area contributed by atoms with E-state index < -0.39 is 5.97 Å². The molecule has 132 valence electrons. The molecule has 3 rings (SSSR count). The minimum atomic E-state index is -1.13. The smallest absolute Gasteiger partial charge is 0.337 e. The average Bonchev–Trinajstić information content (AvgIpc) is 3.31. The molecule has 0 aliphatic carbocycles. The van der Waals surface area contributed by atoms with Gasteiger partial charge in [0.25, 0.3) is 5.91 Å². The summed E-state index contributed by atoms with van der Waals surface area (Å²) in [6, 6.07) is 9.73. The van der Waals surface area contributed by atoms with E-state index in [4.69, 9.17) is 21.1 Å². The van der Waals surface area contributed by atoms with Crippen LogP contribution in [0.4, 0.5) is 0 Å². The Labute approximate surface area is 154 Å². The Morgan fingerprint density at radius 1 is 1.23 bits per heavy atom. The molecule has 1 aromatic carbocycles. The van der Waals surface area contributed by atoms with Gasteiger partial charge in [-0.1, -0.05) is 11.6 Å². The maximum absolute atomic E-state index is 12.3. The number of hydrogen-bond acceptors (Lipinski definition) is 4. The van der Waals surface area contributed by atoms with Crippen molar-refractivity contribution in [1.82, 2.24) is 4.90 Å². The lowest BCUT2D eigenvalue weighted by Gasteiger charge is -2.13. The van der Waals surface area contributed by atoms with Gasteiger partial charge in [-0.15, -0.1) is 0 Å². The third kappa shape index (κ3) is 3.63. The first kappa shape index (κ1) is 17.8. The van der Waals surface area contributed by atoms with E-state index in [1.54, 1.807) is 23.1 Å². The summed E-state index contributed by atoms with van der Waals surface area (Å²) in [6.07, 6.45) is 3.29. The summed E-state index contributed by atoms with van der Waals surface area (Å²) in [5, 5.41) is 18.6. The molecule has 0 atom stereocenters. The Bertz CT molecular complexity index is 933. The Balaban J connectivity index is 1.87. The normalized spacial score (nSPS) is 14.3. The fourth-order valence-corrected chi connectivity index (χ4v) is 3.00. The number of rotatable bonds is 4. The van der Waals surface area contributed by atoms with Crippen LogP contribution in [0.2, 0.25) is 5.02 Å². The van der Waals surface area contributed by atoms with Crippen LogP contribution in [0, 0.1) is 11.3 Å².